The fourth-order valence-corrected chi connectivity index (χ4v) is 2.15. The monoisotopic (exact) mass is 225 g/mol. The second-order valence-corrected chi connectivity index (χ2v) is 3.84. The Labute approximate surface area is 96.2 Å². The van der Waals surface area contributed by atoms with Crippen LogP contribution in [0.4, 0.5) is 0 Å². The Morgan fingerprint density at radius 2 is 1.82 bits per heavy atom. The number of nitrogens with one attached hydrogen (secondary N) is 1. The number of rotatable bonds is 1. The number of amides is 2. The number of carbonyl (C=O) groups is 3. The van der Waals surface area contributed by atoms with E-state index >= 15 is 0 Å². The summed E-state index contributed by atoms with van der Waals surface area (Å²) in [5.41, 5.74) is 0.737. The van der Waals surface area contributed by atoms with Crippen LogP contribution in [0.25, 0.3) is 10.8 Å². The Morgan fingerprint density at radius 3 is 2.59 bits per heavy atom. The lowest BCUT2D eigenvalue weighted by Crippen LogP contribution is -2.20. The van der Waals surface area contributed by atoms with E-state index < -0.39 is 11.8 Å². The van der Waals surface area contributed by atoms with E-state index in [0.29, 0.717) is 11.7 Å². The molecule has 0 fully saturated rings. The predicted octanol–water partition coefficient (Wildman–Crippen LogP) is 1.54. The zero-order valence-electron chi connectivity index (χ0n) is 8.69. The molecule has 0 saturated carbocycles. The Balaban J connectivity index is 2.53. The van der Waals surface area contributed by atoms with Crippen molar-refractivity contribution in [3.63, 3.8) is 0 Å². The van der Waals surface area contributed by atoms with Gasteiger partial charge in [-0.1, -0.05) is 24.3 Å². The summed E-state index contributed by atoms with van der Waals surface area (Å²) >= 11 is 0. The summed E-state index contributed by atoms with van der Waals surface area (Å²) < 4.78 is 0. The summed E-state index contributed by atoms with van der Waals surface area (Å²) in [7, 11) is 0. The molecule has 2 aromatic rings. The molecule has 0 aliphatic carbocycles. The molecule has 0 bridgehead atoms. The number of hydrogen-bond acceptors (Lipinski definition) is 3. The van der Waals surface area contributed by atoms with E-state index in [-0.39, 0.29) is 16.7 Å². The third-order valence-electron chi connectivity index (χ3n) is 2.91. The first-order valence-corrected chi connectivity index (χ1v) is 5.09. The lowest BCUT2D eigenvalue weighted by Gasteiger charge is -2.04. The first-order valence-electron chi connectivity index (χ1n) is 5.09. The zero-order chi connectivity index (χ0) is 12.0. The molecule has 4 heteroatoms. The van der Waals surface area contributed by atoms with E-state index in [4.69, 9.17) is 0 Å². The van der Waals surface area contributed by atoms with Crippen molar-refractivity contribution < 1.29 is 14.4 Å². The molecule has 0 unspecified atom stereocenters. The molecule has 1 aliphatic heterocycles. The Hall–Kier alpha value is -2.49. The molecule has 4 nitrogen and oxygen atoms in total. The average Bonchev–Trinajstić information content (AvgIpc) is 2.62. The van der Waals surface area contributed by atoms with Crippen LogP contribution in [0.3, 0.4) is 0 Å². The lowest BCUT2D eigenvalue weighted by atomic mass is 9.96. The van der Waals surface area contributed by atoms with E-state index in [1.54, 1.807) is 24.3 Å². The van der Waals surface area contributed by atoms with Crippen molar-refractivity contribution >= 4 is 28.9 Å². The third-order valence-corrected chi connectivity index (χ3v) is 2.91. The fourth-order valence-electron chi connectivity index (χ4n) is 2.15. The summed E-state index contributed by atoms with van der Waals surface area (Å²) in [5.74, 6) is -0.947. The van der Waals surface area contributed by atoms with E-state index in [1.807, 2.05) is 6.07 Å². The lowest BCUT2D eigenvalue weighted by molar-refractivity contribution is 0.0877. The van der Waals surface area contributed by atoms with Crippen molar-refractivity contribution in [1.82, 2.24) is 5.32 Å². The largest absolute Gasteiger partial charge is 0.298 e. The van der Waals surface area contributed by atoms with Crippen molar-refractivity contribution in [2.45, 2.75) is 0 Å². The zero-order valence-corrected chi connectivity index (χ0v) is 8.69. The van der Waals surface area contributed by atoms with Crippen molar-refractivity contribution in [2.75, 3.05) is 0 Å². The van der Waals surface area contributed by atoms with Gasteiger partial charge in [-0.25, -0.2) is 0 Å². The highest BCUT2D eigenvalue weighted by atomic mass is 16.2. The Kier molecular flexibility index (Phi) is 1.86. The van der Waals surface area contributed by atoms with Crippen LogP contribution in [0.2, 0.25) is 0 Å². The summed E-state index contributed by atoms with van der Waals surface area (Å²) in [6.07, 6.45) is 0.624. The van der Waals surface area contributed by atoms with Crippen LogP contribution in [-0.2, 0) is 0 Å². The van der Waals surface area contributed by atoms with Gasteiger partial charge in [0, 0.05) is 5.56 Å². The van der Waals surface area contributed by atoms with Crippen LogP contribution in [0, 0.1) is 0 Å². The Bertz CT molecular complexity index is 688. The second kappa shape index (κ2) is 3.25. The number of benzene rings is 2. The highest BCUT2D eigenvalue weighted by molar-refractivity contribution is 6.26. The summed E-state index contributed by atoms with van der Waals surface area (Å²) in [4.78, 5) is 34.3. The molecular weight excluding hydrogens is 218 g/mol. The van der Waals surface area contributed by atoms with Crippen molar-refractivity contribution in [3.05, 3.63) is 47.0 Å². The highest BCUT2D eigenvalue weighted by Crippen LogP contribution is 2.27. The standard InChI is InChI=1S/C13H7NO3/c15-6-10-8-4-2-1-3-7(8)5-9-11(10)13(17)14-12(9)16/h1-6H,(H,14,16,17). The molecule has 2 amide bonds. The number of fused-ring (bicyclic) bond motifs is 2. The second-order valence-electron chi connectivity index (χ2n) is 3.84. The molecule has 2 aromatic carbocycles. The van der Waals surface area contributed by atoms with Crippen LogP contribution in [0.1, 0.15) is 31.1 Å². The molecule has 0 aromatic heterocycles. The predicted molar refractivity (Wildman–Crippen MR) is 61.1 cm³/mol. The molecule has 0 radical (unpaired) electrons. The highest BCUT2D eigenvalue weighted by Gasteiger charge is 2.30. The molecule has 0 atom stereocenters. The molecule has 0 saturated heterocycles. The van der Waals surface area contributed by atoms with Crippen LogP contribution >= 0.6 is 0 Å². The van der Waals surface area contributed by atoms with Crippen LogP contribution in [0.15, 0.2) is 30.3 Å². The number of carbonyl (C=O) groups excluding carboxylic acids is 3. The van der Waals surface area contributed by atoms with Gasteiger partial charge in [0.05, 0.1) is 11.1 Å². The summed E-state index contributed by atoms with van der Waals surface area (Å²) in [6.45, 7) is 0. The van der Waals surface area contributed by atoms with Gasteiger partial charge in [0.2, 0.25) is 0 Å². The van der Waals surface area contributed by atoms with Crippen LogP contribution in [0.5, 0.6) is 0 Å². The van der Waals surface area contributed by atoms with E-state index in [1.165, 1.54) is 0 Å². The molecule has 0 spiro atoms. The van der Waals surface area contributed by atoms with E-state index in [9.17, 15) is 14.4 Å². The van der Waals surface area contributed by atoms with Crippen molar-refractivity contribution in [2.24, 2.45) is 0 Å². The molecule has 3 rings (SSSR count). The summed E-state index contributed by atoms with van der Waals surface area (Å²) in [5, 5.41) is 3.66. The van der Waals surface area contributed by atoms with Crippen LogP contribution < -0.4 is 5.32 Å². The molecule has 82 valence electrons. The molecule has 1 N–H and O–H groups in total. The topological polar surface area (TPSA) is 63.2 Å². The van der Waals surface area contributed by atoms with Gasteiger partial charge in [-0.3, -0.25) is 19.7 Å². The quantitative estimate of drug-likeness (QED) is 0.591. The van der Waals surface area contributed by atoms with Gasteiger partial charge >= 0.3 is 0 Å². The number of aldehydes is 1. The number of imide groups is 1. The van der Waals surface area contributed by atoms with E-state index in [2.05, 4.69) is 5.32 Å². The maximum absolute atomic E-state index is 11.6. The van der Waals surface area contributed by atoms with Crippen molar-refractivity contribution in [3.8, 4) is 0 Å². The van der Waals surface area contributed by atoms with Gasteiger partial charge in [-0.05, 0) is 16.8 Å². The first kappa shape index (κ1) is 9.72. The molecule has 1 aliphatic rings. The fraction of sp³-hybridized carbons (Fsp3) is 0. The van der Waals surface area contributed by atoms with Gasteiger partial charge in [0.15, 0.2) is 6.29 Å². The first-order chi connectivity index (χ1) is 8.22. The van der Waals surface area contributed by atoms with Gasteiger partial charge in [0.1, 0.15) is 0 Å². The average molecular weight is 225 g/mol. The minimum absolute atomic E-state index is 0.184. The van der Waals surface area contributed by atoms with Gasteiger partial charge in [-0.2, -0.15) is 0 Å². The smallest absolute Gasteiger partial charge is 0.259 e. The number of hydrogen-bond donors (Lipinski definition) is 1. The van der Waals surface area contributed by atoms with Gasteiger partial charge in [0.25, 0.3) is 11.8 Å². The summed E-state index contributed by atoms with van der Waals surface area (Å²) in [6, 6.07) is 8.81. The van der Waals surface area contributed by atoms with Crippen LogP contribution in [-0.4, -0.2) is 18.1 Å². The third kappa shape index (κ3) is 1.21. The minimum atomic E-state index is -0.502. The molecular formula is C13H7NO3. The maximum atomic E-state index is 11.6. The Morgan fingerprint density at radius 1 is 1.06 bits per heavy atom. The maximum Gasteiger partial charge on any atom is 0.259 e. The van der Waals surface area contributed by atoms with Crippen molar-refractivity contribution in [1.29, 1.82) is 0 Å². The minimum Gasteiger partial charge on any atom is -0.298 e. The SMILES string of the molecule is O=Cc1c2c(cc3ccccc13)C(=O)NC2=O. The normalized spacial score (nSPS) is 13.6. The molecule has 17 heavy (non-hydrogen) atoms. The van der Waals surface area contributed by atoms with E-state index in [0.717, 1.165) is 5.39 Å². The van der Waals surface area contributed by atoms with Gasteiger partial charge in [-0.15, -0.1) is 0 Å². The van der Waals surface area contributed by atoms with Gasteiger partial charge < -0.3 is 0 Å². The molecule has 1 heterocycles.